The number of hydrogen-bond donors (Lipinski definition) is 2. The Morgan fingerprint density at radius 1 is 1.03 bits per heavy atom. The zero-order chi connectivity index (χ0) is 21.5. The van der Waals surface area contributed by atoms with Crippen molar-refractivity contribution < 1.29 is 19.1 Å². The van der Waals surface area contributed by atoms with Crippen molar-refractivity contribution in [3.63, 3.8) is 0 Å². The Kier molecular flexibility index (Phi) is 7.17. The Balaban J connectivity index is 1.54. The number of likely N-dealkylation sites (tertiary alicyclic amines) is 1. The van der Waals surface area contributed by atoms with Gasteiger partial charge in [-0.3, -0.25) is 9.59 Å². The van der Waals surface area contributed by atoms with E-state index in [0.717, 1.165) is 25.9 Å². The average molecular weight is 412 g/mol. The third-order valence-corrected chi connectivity index (χ3v) is 5.33. The van der Waals surface area contributed by atoms with Crippen molar-refractivity contribution in [2.75, 3.05) is 44.5 Å². The minimum Gasteiger partial charge on any atom is -0.497 e. The van der Waals surface area contributed by atoms with E-state index in [-0.39, 0.29) is 18.4 Å². The first-order valence-electron chi connectivity index (χ1n) is 10.1. The zero-order valence-corrected chi connectivity index (χ0v) is 17.7. The van der Waals surface area contributed by atoms with E-state index >= 15 is 0 Å². The van der Waals surface area contributed by atoms with Gasteiger partial charge in [0.15, 0.2) is 0 Å². The van der Waals surface area contributed by atoms with Crippen LogP contribution in [-0.2, 0) is 4.79 Å². The smallest absolute Gasteiger partial charge is 0.253 e. The van der Waals surface area contributed by atoms with Gasteiger partial charge in [0, 0.05) is 30.4 Å². The highest BCUT2D eigenvalue weighted by Gasteiger charge is 2.21. The van der Waals surface area contributed by atoms with E-state index in [2.05, 4.69) is 17.6 Å². The number of benzene rings is 2. The maximum atomic E-state index is 12.6. The van der Waals surface area contributed by atoms with E-state index < -0.39 is 0 Å². The molecule has 2 N–H and O–H groups in total. The molecular formula is C23H29N3O4. The summed E-state index contributed by atoms with van der Waals surface area (Å²) >= 11 is 0. The number of carbonyl (C=O) groups excluding carboxylic acids is 2. The molecule has 7 nitrogen and oxygen atoms in total. The molecule has 1 aliphatic rings. The second-order valence-corrected chi connectivity index (χ2v) is 7.52. The number of amides is 2. The summed E-state index contributed by atoms with van der Waals surface area (Å²) in [6.45, 7) is 3.89. The Bertz CT molecular complexity index is 875. The number of anilines is 2. The predicted molar refractivity (Wildman–Crippen MR) is 117 cm³/mol. The van der Waals surface area contributed by atoms with Crippen LogP contribution in [0.15, 0.2) is 42.5 Å². The van der Waals surface area contributed by atoms with Crippen molar-refractivity contribution in [1.82, 2.24) is 4.90 Å². The Hall–Kier alpha value is -3.22. The summed E-state index contributed by atoms with van der Waals surface area (Å²) in [6, 6.07) is 12.4. The summed E-state index contributed by atoms with van der Waals surface area (Å²) in [5.41, 5.74) is 1.95. The maximum absolute atomic E-state index is 12.6. The third-order valence-electron chi connectivity index (χ3n) is 5.33. The summed E-state index contributed by atoms with van der Waals surface area (Å²) in [7, 11) is 3.15. The van der Waals surface area contributed by atoms with Crippen LogP contribution in [0.4, 0.5) is 11.4 Å². The van der Waals surface area contributed by atoms with Crippen molar-refractivity contribution >= 4 is 23.2 Å². The molecule has 0 aromatic heterocycles. The molecule has 0 spiro atoms. The molecule has 0 radical (unpaired) electrons. The quantitative estimate of drug-likeness (QED) is 0.727. The number of rotatable bonds is 7. The lowest BCUT2D eigenvalue weighted by atomic mass is 9.98. The molecule has 1 aliphatic heterocycles. The van der Waals surface area contributed by atoms with Crippen molar-refractivity contribution in [3.05, 3.63) is 48.0 Å². The van der Waals surface area contributed by atoms with E-state index in [1.54, 1.807) is 56.7 Å². The van der Waals surface area contributed by atoms with Crippen molar-refractivity contribution in [2.45, 2.75) is 19.8 Å². The van der Waals surface area contributed by atoms with Crippen LogP contribution in [-0.4, -0.2) is 50.6 Å². The molecule has 2 aromatic rings. The highest BCUT2D eigenvalue weighted by Crippen LogP contribution is 2.28. The van der Waals surface area contributed by atoms with Crippen LogP contribution in [0.25, 0.3) is 0 Å². The Labute approximate surface area is 177 Å². The molecule has 2 aromatic carbocycles. The third kappa shape index (κ3) is 5.43. The molecule has 0 bridgehead atoms. The minimum absolute atomic E-state index is 0.0477. The fourth-order valence-electron chi connectivity index (χ4n) is 3.42. The van der Waals surface area contributed by atoms with Crippen molar-refractivity contribution in [3.8, 4) is 11.5 Å². The van der Waals surface area contributed by atoms with E-state index in [9.17, 15) is 9.59 Å². The molecule has 7 heteroatoms. The Morgan fingerprint density at radius 3 is 2.37 bits per heavy atom. The number of nitrogens with one attached hydrogen (secondary N) is 2. The molecule has 30 heavy (non-hydrogen) atoms. The highest BCUT2D eigenvalue weighted by molar-refractivity contribution is 5.96. The van der Waals surface area contributed by atoms with Crippen LogP contribution in [0.3, 0.4) is 0 Å². The van der Waals surface area contributed by atoms with E-state index in [1.807, 2.05) is 4.90 Å². The number of piperidine rings is 1. The zero-order valence-electron chi connectivity index (χ0n) is 17.7. The lowest BCUT2D eigenvalue weighted by Gasteiger charge is -2.30. The first kappa shape index (κ1) is 21.5. The lowest BCUT2D eigenvalue weighted by Crippen LogP contribution is -2.37. The second kappa shape index (κ2) is 10.0. The van der Waals surface area contributed by atoms with E-state index in [0.29, 0.717) is 34.4 Å². The highest BCUT2D eigenvalue weighted by atomic mass is 16.5. The van der Waals surface area contributed by atoms with Crippen molar-refractivity contribution in [2.24, 2.45) is 5.92 Å². The first-order valence-corrected chi connectivity index (χ1v) is 10.1. The number of ether oxygens (including phenoxy) is 2. The molecular weight excluding hydrogens is 382 g/mol. The number of methoxy groups -OCH3 is 2. The molecule has 0 unspecified atom stereocenters. The number of nitrogens with zero attached hydrogens (tertiary/aromatic N) is 1. The SMILES string of the molecule is COc1ccc(OC)c(NCC(=O)Nc2ccc(C(=O)N3CCC(C)CC3)cc2)c1. The summed E-state index contributed by atoms with van der Waals surface area (Å²) in [5.74, 6) is 1.81. The summed E-state index contributed by atoms with van der Waals surface area (Å²) in [5, 5.41) is 5.89. The molecule has 2 amide bonds. The lowest BCUT2D eigenvalue weighted by molar-refractivity contribution is -0.114. The molecule has 0 atom stereocenters. The normalized spacial score (nSPS) is 14.2. The van der Waals surface area contributed by atoms with Crippen LogP contribution in [0.5, 0.6) is 11.5 Å². The van der Waals surface area contributed by atoms with Crippen LogP contribution in [0.2, 0.25) is 0 Å². The van der Waals surface area contributed by atoms with Crippen molar-refractivity contribution in [1.29, 1.82) is 0 Å². The maximum Gasteiger partial charge on any atom is 0.253 e. The van der Waals surface area contributed by atoms with Crippen LogP contribution in [0.1, 0.15) is 30.1 Å². The van der Waals surface area contributed by atoms with Gasteiger partial charge in [-0.1, -0.05) is 6.92 Å². The van der Waals surface area contributed by atoms with Gasteiger partial charge in [-0.15, -0.1) is 0 Å². The topological polar surface area (TPSA) is 79.9 Å². The van der Waals surface area contributed by atoms with Gasteiger partial charge in [-0.05, 0) is 55.2 Å². The van der Waals surface area contributed by atoms with Gasteiger partial charge in [0.1, 0.15) is 11.5 Å². The molecule has 0 saturated carbocycles. The Morgan fingerprint density at radius 2 is 1.73 bits per heavy atom. The summed E-state index contributed by atoms with van der Waals surface area (Å²) in [6.07, 6.45) is 2.09. The van der Waals surface area contributed by atoms with Gasteiger partial charge >= 0.3 is 0 Å². The monoisotopic (exact) mass is 411 g/mol. The van der Waals surface area contributed by atoms with Crippen LogP contribution >= 0.6 is 0 Å². The summed E-state index contributed by atoms with van der Waals surface area (Å²) in [4.78, 5) is 26.8. The van der Waals surface area contributed by atoms with Gasteiger partial charge in [0.25, 0.3) is 5.91 Å². The van der Waals surface area contributed by atoms with E-state index in [4.69, 9.17) is 9.47 Å². The van der Waals surface area contributed by atoms with Gasteiger partial charge < -0.3 is 25.0 Å². The molecule has 1 heterocycles. The molecule has 1 fully saturated rings. The summed E-state index contributed by atoms with van der Waals surface area (Å²) < 4.78 is 10.5. The first-order chi connectivity index (χ1) is 14.5. The van der Waals surface area contributed by atoms with Gasteiger partial charge in [0.2, 0.25) is 5.91 Å². The van der Waals surface area contributed by atoms with Crippen LogP contribution < -0.4 is 20.1 Å². The van der Waals surface area contributed by atoms with Gasteiger partial charge in [-0.2, -0.15) is 0 Å². The average Bonchev–Trinajstić information content (AvgIpc) is 2.78. The fraction of sp³-hybridized carbons (Fsp3) is 0.391. The minimum atomic E-state index is -0.205. The van der Waals surface area contributed by atoms with Gasteiger partial charge in [-0.25, -0.2) is 0 Å². The van der Waals surface area contributed by atoms with E-state index in [1.165, 1.54) is 0 Å². The standard InChI is InChI=1S/C23H29N3O4/c1-16-10-12-26(13-11-16)23(28)17-4-6-18(7-5-17)25-22(27)15-24-20-14-19(29-2)8-9-21(20)30-3/h4-9,14,16,24H,10-13,15H2,1-3H3,(H,25,27). The van der Waals surface area contributed by atoms with Crippen LogP contribution in [0, 0.1) is 5.92 Å². The molecule has 0 aliphatic carbocycles. The molecule has 160 valence electrons. The molecule has 3 rings (SSSR count). The van der Waals surface area contributed by atoms with Gasteiger partial charge in [0.05, 0.1) is 26.5 Å². The predicted octanol–water partition coefficient (Wildman–Crippen LogP) is 3.63. The fourth-order valence-corrected chi connectivity index (χ4v) is 3.42. The number of carbonyl (C=O) groups is 2. The molecule has 1 saturated heterocycles. The largest absolute Gasteiger partial charge is 0.497 e. The second-order valence-electron chi connectivity index (χ2n) is 7.52. The number of hydrogen-bond acceptors (Lipinski definition) is 5.